The molecule has 0 radical (unpaired) electrons. The van der Waals surface area contributed by atoms with E-state index in [1.165, 1.54) is 11.1 Å². The zero-order valence-electron chi connectivity index (χ0n) is 16.6. The van der Waals surface area contributed by atoms with Crippen LogP contribution in [0.5, 0.6) is 0 Å². The van der Waals surface area contributed by atoms with E-state index in [9.17, 15) is 4.79 Å². The lowest BCUT2D eigenvalue weighted by atomic mass is 10.1. The molecule has 6 nitrogen and oxygen atoms in total. The normalized spacial score (nSPS) is 16.3. The highest BCUT2D eigenvalue weighted by atomic mass is 16.5. The Morgan fingerprint density at radius 2 is 2.07 bits per heavy atom. The van der Waals surface area contributed by atoms with Crippen LogP contribution in [0, 0.1) is 13.8 Å². The Hall–Kier alpha value is -2.18. The minimum Gasteiger partial charge on any atom is -0.379 e. The van der Waals surface area contributed by atoms with E-state index in [0.717, 1.165) is 44.1 Å². The van der Waals surface area contributed by atoms with E-state index < -0.39 is 0 Å². The van der Waals surface area contributed by atoms with Gasteiger partial charge in [-0.15, -0.1) is 0 Å². The summed E-state index contributed by atoms with van der Waals surface area (Å²) in [6.45, 7) is 10.4. The fraction of sp³-hybridized carbons (Fsp3) is 0.524. The molecule has 2 heterocycles. The van der Waals surface area contributed by atoms with Gasteiger partial charge in [-0.05, 0) is 32.8 Å². The van der Waals surface area contributed by atoms with Gasteiger partial charge in [0, 0.05) is 31.1 Å². The highest BCUT2D eigenvalue weighted by Gasteiger charge is 2.18. The molecular weight excluding hydrogens is 340 g/mol. The Morgan fingerprint density at radius 1 is 1.30 bits per heavy atom. The maximum absolute atomic E-state index is 12.5. The zero-order valence-corrected chi connectivity index (χ0v) is 16.6. The maximum atomic E-state index is 12.5. The van der Waals surface area contributed by atoms with Crippen molar-refractivity contribution in [1.82, 2.24) is 14.7 Å². The number of aromatic nitrogens is 2. The summed E-state index contributed by atoms with van der Waals surface area (Å²) in [6, 6.07) is 8.74. The van der Waals surface area contributed by atoms with E-state index >= 15 is 0 Å². The molecule has 27 heavy (non-hydrogen) atoms. The number of benzene rings is 1. The van der Waals surface area contributed by atoms with E-state index in [4.69, 9.17) is 4.74 Å². The second kappa shape index (κ2) is 9.15. The number of hydrogen-bond donors (Lipinski definition) is 1. The second-order valence-electron chi connectivity index (χ2n) is 7.41. The summed E-state index contributed by atoms with van der Waals surface area (Å²) >= 11 is 0. The average Bonchev–Trinajstić information content (AvgIpc) is 3.00. The van der Waals surface area contributed by atoms with Crippen molar-refractivity contribution >= 4 is 11.7 Å². The number of rotatable bonds is 7. The highest BCUT2D eigenvalue weighted by Crippen LogP contribution is 2.18. The van der Waals surface area contributed by atoms with Gasteiger partial charge in [0.25, 0.3) is 0 Å². The van der Waals surface area contributed by atoms with Gasteiger partial charge < -0.3 is 10.1 Å². The van der Waals surface area contributed by atoms with Crippen LogP contribution in [0.1, 0.15) is 36.5 Å². The molecule has 2 aromatic rings. The van der Waals surface area contributed by atoms with E-state index in [-0.39, 0.29) is 5.91 Å². The third-order valence-corrected chi connectivity index (χ3v) is 5.15. The Labute approximate surface area is 161 Å². The van der Waals surface area contributed by atoms with Gasteiger partial charge >= 0.3 is 0 Å². The molecule has 1 aliphatic heterocycles. The molecule has 1 unspecified atom stereocenters. The topological polar surface area (TPSA) is 59.4 Å². The van der Waals surface area contributed by atoms with Crippen molar-refractivity contribution in [2.45, 2.75) is 46.2 Å². The van der Waals surface area contributed by atoms with E-state index in [1.54, 1.807) is 0 Å². The fourth-order valence-corrected chi connectivity index (χ4v) is 3.48. The number of carbonyl (C=O) groups excluding carboxylic acids is 1. The lowest BCUT2D eigenvalue weighted by molar-refractivity contribution is -0.116. The lowest BCUT2D eigenvalue weighted by Crippen LogP contribution is -2.42. The number of ether oxygens (including phenoxy) is 1. The summed E-state index contributed by atoms with van der Waals surface area (Å²) in [6.07, 6.45) is 3.16. The first-order chi connectivity index (χ1) is 13.0. The molecule has 1 aliphatic rings. The molecule has 1 aromatic heterocycles. The Morgan fingerprint density at radius 3 is 2.81 bits per heavy atom. The van der Waals surface area contributed by atoms with Crippen molar-refractivity contribution in [3.8, 4) is 0 Å². The zero-order chi connectivity index (χ0) is 19.2. The van der Waals surface area contributed by atoms with Crippen LogP contribution >= 0.6 is 0 Å². The molecule has 0 spiro atoms. The summed E-state index contributed by atoms with van der Waals surface area (Å²) in [5.74, 6) is 0.838. The summed E-state index contributed by atoms with van der Waals surface area (Å²) in [5.41, 5.74) is 3.38. The highest BCUT2D eigenvalue weighted by molar-refractivity contribution is 5.90. The number of aryl methyl sites for hydroxylation is 2. The monoisotopic (exact) mass is 370 g/mol. The minimum atomic E-state index is 0.0456. The van der Waals surface area contributed by atoms with Gasteiger partial charge in [-0.2, -0.15) is 5.10 Å². The second-order valence-corrected chi connectivity index (χ2v) is 7.41. The van der Waals surface area contributed by atoms with Crippen LogP contribution in [-0.4, -0.2) is 52.9 Å². The van der Waals surface area contributed by atoms with Crippen molar-refractivity contribution < 1.29 is 9.53 Å². The van der Waals surface area contributed by atoms with Crippen LogP contribution in [0.25, 0.3) is 0 Å². The molecule has 1 aromatic carbocycles. The van der Waals surface area contributed by atoms with Crippen LogP contribution in [0.4, 0.5) is 5.82 Å². The van der Waals surface area contributed by atoms with Crippen molar-refractivity contribution in [2.24, 2.45) is 0 Å². The van der Waals surface area contributed by atoms with E-state index in [1.807, 2.05) is 23.9 Å². The van der Waals surface area contributed by atoms with Gasteiger partial charge in [-0.1, -0.05) is 29.8 Å². The smallest absolute Gasteiger partial charge is 0.225 e. The van der Waals surface area contributed by atoms with Crippen LogP contribution < -0.4 is 5.32 Å². The van der Waals surface area contributed by atoms with Crippen molar-refractivity contribution in [1.29, 1.82) is 0 Å². The van der Waals surface area contributed by atoms with Crippen LogP contribution in [0.15, 0.2) is 30.5 Å². The average molecular weight is 370 g/mol. The van der Waals surface area contributed by atoms with E-state index in [2.05, 4.69) is 47.4 Å². The molecule has 1 N–H and O–H groups in total. The molecular formula is C21H30N4O2. The predicted octanol–water partition coefficient (Wildman–Crippen LogP) is 2.99. The standard InChI is InChI=1S/C21H30N4O2/c1-16-5-4-6-19(13-16)15-25-21(17(2)14-22-25)23-20(26)8-7-18(3)24-9-11-27-12-10-24/h4-6,13-14,18H,7-12,15H2,1-3H3,(H,23,26). The van der Waals surface area contributed by atoms with Crippen LogP contribution in [0.2, 0.25) is 0 Å². The van der Waals surface area contributed by atoms with Gasteiger partial charge in [0.15, 0.2) is 0 Å². The molecule has 1 saturated heterocycles. The van der Waals surface area contributed by atoms with Crippen LogP contribution in [-0.2, 0) is 16.1 Å². The van der Waals surface area contributed by atoms with Gasteiger partial charge in [-0.3, -0.25) is 9.69 Å². The summed E-state index contributed by atoms with van der Waals surface area (Å²) in [4.78, 5) is 14.9. The van der Waals surface area contributed by atoms with Crippen LogP contribution in [0.3, 0.4) is 0 Å². The molecule has 0 aliphatic carbocycles. The molecule has 3 rings (SSSR count). The number of carbonyl (C=O) groups is 1. The predicted molar refractivity (Wildman–Crippen MR) is 107 cm³/mol. The molecule has 1 fully saturated rings. The fourth-order valence-electron chi connectivity index (χ4n) is 3.48. The Bertz CT molecular complexity index is 765. The van der Waals surface area contributed by atoms with Crippen molar-refractivity contribution in [3.63, 3.8) is 0 Å². The van der Waals surface area contributed by atoms with Crippen molar-refractivity contribution in [3.05, 3.63) is 47.2 Å². The lowest BCUT2D eigenvalue weighted by Gasteiger charge is -2.32. The molecule has 1 amide bonds. The van der Waals surface area contributed by atoms with Crippen molar-refractivity contribution in [2.75, 3.05) is 31.6 Å². The molecule has 1 atom stereocenters. The van der Waals surface area contributed by atoms with Gasteiger partial charge in [0.1, 0.15) is 5.82 Å². The summed E-state index contributed by atoms with van der Waals surface area (Å²) in [7, 11) is 0. The summed E-state index contributed by atoms with van der Waals surface area (Å²) in [5, 5.41) is 7.51. The largest absolute Gasteiger partial charge is 0.379 e. The first kappa shape index (κ1) is 19.6. The SMILES string of the molecule is Cc1cccc(Cn2ncc(C)c2NC(=O)CCC(C)N2CCOCC2)c1. The number of nitrogens with zero attached hydrogens (tertiary/aromatic N) is 3. The number of amides is 1. The summed E-state index contributed by atoms with van der Waals surface area (Å²) < 4.78 is 7.27. The van der Waals surface area contributed by atoms with Gasteiger partial charge in [0.2, 0.25) is 5.91 Å². The number of nitrogens with one attached hydrogen (secondary N) is 1. The van der Waals surface area contributed by atoms with Gasteiger partial charge in [-0.25, -0.2) is 4.68 Å². The number of anilines is 1. The minimum absolute atomic E-state index is 0.0456. The Balaban J connectivity index is 1.56. The first-order valence-corrected chi connectivity index (χ1v) is 9.72. The molecule has 146 valence electrons. The number of morpholine rings is 1. The Kier molecular flexibility index (Phi) is 6.63. The number of hydrogen-bond acceptors (Lipinski definition) is 4. The first-order valence-electron chi connectivity index (χ1n) is 9.72. The van der Waals surface area contributed by atoms with E-state index in [0.29, 0.717) is 19.0 Å². The molecule has 0 bridgehead atoms. The maximum Gasteiger partial charge on any atom is 0.225 e. The van der Waals surface area contributed by atoms with Gasteiger partial charge in [0.05, 0.1) is 26.0 Å². The third kappa shape index (κ3) is 5.40. The third-order valence-electron chi connectivity index (χ3n) is 5.15. The quantitative estimate of drug-likeness (QED) is 0.814. The molecule has 0 saturated carbocycles. The molecule has 6 heteroatoms.